The maximum atomic E-state index is 8.33. The third-order valence-electron chi connectivity index (χ3n) is 1.10. The van der Waals surface area contributed by atoms with Crippen LogP contribution in [0.4, 0.5) is 0 Å². The lowest BCUT2D eigenvalue weighted by molar-refractivity contribution is 0.296. The lowest BCUT2D eigenvalue weighted by Crippen LogP contribution is -1.82. The minimum atomic E-state index is 0.309. The van der Waals surface area contributed by atoms with E-state index in [4.69, 9.17) is 5.11 Å². The van der Waals surface area contributed by atoms with Gasteiger partial charge in [-0.2, -0.15) is 0 Å². The zero-order valence-corrected chi connectivity index (χ0v) is 5.56. The number of unbranched alkanes of at least 4 members (excludes halogenated alkanes) is 4. The third-order valence-corrected chi connectivity index (χ3v) is 1.10. The van der Waals surface area contributed by atoms with E-state index in [1.54, 1.807) is 0 Å². The minimum Gasteiger partial charge on any atom is -0.396 e. The highest BCUT2D eigenvalue weighted by atomic mass is 16.2. The summed E-state index contributed by atoms with van der Waals surface area (Å²) in [4.78, 5) is 0. The van der Waals surface area contributed by atoms with Gasteiger partial charge in [0.15, 0.2) is 0 Å². The van der Waals surface area contributed by atoms with Gasteiger partial charge in [0.2, 0.25) is 0 Å². The summed E-state index contributed by atoms with van der Waals surface area (Å²) >= 11 is 0. The van der Waals surface area contributed by atoms with Gasteiger partial charge >= 0.3 is 0 Å². The Morgan fingerprint density at radius 1 is 1.38 bits per heavy atom. The molecule has 0 aromatic heterocycles. The van der Waals surface area contributed by atoms with Gasteiger partial charge in [0.25, 0.3) is 0 Å². The molecule has 0 bridgehead atoms. The van der Waals surface area contributed by atoms with Crippen LogP contribution in [0, 0.1) is 6.42 Å². The summed E-state index contributed by atoms with van der Waals surface area (Å²) in [5.41, 5.74) is 0. The van der Waals surface area contributed by atoms with Crippen molar-refractivity contribution in [3.63, 3.8) is 0 Å². The number of hydrogen-bond donors (Lipinski definition) is 1. The van der Waals surface area contributed by atoms with E-state index in [0.29, 0.717) is 6.61 Å². The molecule has 1 nitrogen and oxygen atoms in total. The number of hydrogen-bond acceptors (Lipinski definition) is 1. The average Bonchev–Trinajstić information content (AvgIpc) is 1.81. The molecule has 0 saturated heterocycles. The quantitative estimate of drug-likeness (QED) is 0.541. The molecule has 0 aromatic carbocycles. The molecule has 8 heavy (non-hydrogen) atoms. The Labute approximate surface area is 51.7 Å². The summed E-state index contributed by atoms with van der Waals surface area (Å²) in [6.07, 6.45) is 6.68. The molecule has 0 aliphatic rings. The maximum Gasteiger partial charge on any atom is 0.0433 e. The second-order valence-corrected chi connectivity index (χ2v) is 1.94. The van der Waals surface area contributed by atoms with E-state index < -0.39 is 0 Å². The van der Waals surface area contributed by atoms with Crippen molar-refractivity contribution in [3.8, 4) is 0 Å². The van der Waals surface area contributed by atoms with Crippen molar-refractivity contribution in [3.05, 3.63) is 6.42 Å². The van der Waals surface area contributed by atoms with Crippen LogP contribution in [0.1, 0.15) is 32.6 Å². The highest BCUT2D eigenvalue weighted by molar-refractivity contribution is 4.61. The van der Waals surface area contributed by atoms with Crippen LogP contribution in [-0.4, -0.2) is 11.7 Å². The molecular formula is C7H15O. The van der Waals surface area contributed by atoms with Crippen LogP contribution in [-0.2, 0) is 0 Å². The van der Waals surface area contributed by atoms with Crippen molar-refractivity contribution in [1.82, 2.24) is 0 Å². The summed E-state index contributed by atoms with van der Waals surface area (Å²) in [7, 11) is 0. The van der Waals surface area contributed by atoms with Crippen molar-refractivity contribution >= 4 is 0 Å². The van der Waals surface area contributed by atoms with E-state index in [-0.39, 0.29) is 0 Å². The van der Waals surface area contributed by atoms with Crippen LogP contribution >= 0.6 is 0 Å². The van der Waals surface area contributed by atoms with E-state index in [1.807, 2.05) is 0 Å². The fourth-order valence-electron chi connectivity index (χ4n) is 0.584. The summed E-state index contributed by atoms with van der Waals surface area (Å²) in [6.45, 7) is 2.48. The Hall–Kier alpha value is -0.0400. The normalized spacial score (nSPS) is 9.75. The first-order valence-corrected chi connectivity index (χ1v) is 3.34. The van der Waals surface area contributed by atoms with Crippen molar-refractivity contribution in [2.75, 3.05) is 6.61 Å². The first kappa shape index (κ1) is 7.96. The van der Waals surface area contributed by atoms with Crippen molar-refractivity contribution in [1.29, 1.82) is 0 Å². The van der Waals surface area contributed by atoms with Crippen LogP contribution in [0.3, 0.4) is 0 Å². The standard InChI is InChI=1S/C7H15O/c1-2-3-4-5-6-7-8/h5,8H,2-4,6-7H2,1H3. The van der Waals surface area contributed by atoms with E-state index in [2.05, 4.69) is 13.3 Å². The van der Waals surface area contributed by atoms with Crippen LogP contribution in [0.25, 0.3) is 0 Å². The van der Waals surface area contributed by atoms with E-state index >= 15 is 0 Å². The van der Waals surface area contributed by atoms with Gasteiger partial charge in [0.1, 0.15) is 0 Å². The Balaban J connectivity index is 2.53. The molecule has 0 heterocycles. The molecule has 0 amide bonds. The summed E-state index contributed by atoms with van der Waals surface area (Å²) in [5, 5.41) is 8.33. The van der Waals surface area contributed by atoms with Gasteiger partial charge in [-0.25, -0.2) is 0 Å². The predicted octanol–water partition coefficient (Wildman–Crippen LogP) is 1.76. The maximum absolute atomic E-state index is 8.33. The predicted molar refractivity (Wildman–Crippen MR) is 35.5 cm³/mol. The minimum absolute atomic E-state index is 0.309. The molecule has 1 N–H and O–H groups in total. The average molecular weight is 115 g/mol. The topological polar surface area (TPSA) is 20.2 Å². The number of aliphatic hydroxyl groups is 1. The van der Waals surface area contributed by atoms with Crippen molar-refractivity contribution < 1.29 is 5.11 Å². The Morgan fingerprint density at radius 2 is 2.12 bits per heavy atom. The first-order valence-electron chi connectivity index (χ1n) is 3.34. The zero-order chi connectivity index (χ0) is 6.24. The van der Waals surface area contributed by atoms with Crippen molar-refractivity contribution in [2.24, 2.45) is 0 Å². The van der Waals surface area contributed by atoms with Gasteiger partial charge in [-0.15, -0.1) is 0 Å². The molecule has 0 rings (SSSR count). The van der Waals surface area contributed by atoms with E-state index in [9.17, 15) is 0 Å². The van der Waals surface area contributed by atoms with Gasteiger partial charge in [-0.1, -0.05) is 26.2 Å². The van der Waals surface area contributed by atoms with Gasteiger partial charge in [-0.3, -0.25) is 0 Å². The molecule has 0 atom stereocenters. The molecule has 0 aliphatic carbocycles. The van der Waals surface area contributed by atoms with Crippen LogP contribution < -0.4 is 0 Å². The largest absolute Gasteiger partial charge is 0.396 e. The SMILES string of the molecule is CCCC[CH]CCO. The van der Waals surface area contributed by atoms with Gasteiger partial charge in [0, 0.05) is 6.61 Å². The van der Waals surface area contributed by atoms with Gasteiger partial charge < -0.3 is 5.11 Å². The van der Waals surface area contributed by atoms with Gasteiger partial charge in [-0.05, 0) is 12.8 Å². The lowest BCUT2D eigenvalue weighted by Gasteiger charge is -1.93. The molecule has 0 fully saturated rings. The second-order valence-electron chi connectivity index (χ2n) is 1.94. The van der Waals surface area contributed by atoms with Gasteiger partial charge in [0.05, 0.1) is 0 Å². The molecular weight excluding hydrogens is 100 g/mol. The Bertz CT molecular complexity index is 29.4. The molecule has 0 aromatic rings. The lowest BCUT2D eigenvalue weighted by atomic mass is 10.2. The molecule has 0 unspecified atom stereocenters. The highest BCUT2D eigenvalue weighted by Gasteiger charge is 1.84. The fraction of sp³-hybridized carbons (Fsp3) is 0.857. The van der Waals surface area contributed by atoms with Crippen LogP contribution in [0.5, 0.6) is 0 Å². The highest BCUT2D eigenvalue weighted by Crippen LogP contribution is 1.99. The first-order chi connectivity index (χ1) is 3.91. The second kappa shape index (κ2) is 6.96. The number of rotatable bonds is 5. The molecule has 1 heteroatoms. The third kappa shape index (κ3) is 5.96. The Morgan fingerprint density at radius 3 is 2.62 bits per heavy atom. The van der Waals surface area contributed by atoms with Crippen molar-refractivity contribution in [2.45, 2.75) is 32.6 Å². The van der Waals surface area contributed by atoms with E-state index in [0.717, 1.165) is 12.8 Å². The fourth-order valence-corrected chi connectivity index (χ4v) is 0.584. The van der Waals surface area contributed by atoms with Crippen LogP contribution in [0.15, 0.2) is 0 Å². The monoisotopic (exact) mass is 115 g/mol. The summed E-state index contributed by atoms with van der Waals surface area (Å²) in [6, 6.07) is 0. The molecule has 0 aliphatic heterocycles. The molecule has 1 radical (unpaired) electrons. The zero-order valence-electron chi connectivity index (χ0n) is 5.56. The molecule has 49 valence electrons. The Kier molecular flexibility index (Phi) is 6.93. The van der Waals surface area contributed by atoms with E-state index in [1.165, 1.54) is 12.8 Å². The smallest absolute Gasteiger partial charge is 0.0433 e. The molecule has 0 saturated carbocycles. The number of aliphatic hydroxyl groups excluding tert-OH is 1. The summed E-state index contributed by atoms with van der Waals surface area (Å²) in [5.74, 6) is 0. The van der Waals surface area contributed by atoms with Crippen LogP contribution in [0.2, 0.25) is 0 Å². The summed E-state index contributed by atoms with van der Waals surface area (Å²) < 4.78 is 0. The molecule has 0 spiro atoms.